The molecule has 0 bridgehead atoms. The number of rotatable bonds is 4. The molecule has 16 heavy (non-hydrogen) atoms. The Hall–Kier alpha value is -0.840. The Balaban J connectivity index is 2.10. The molecule has 0 amide bonds. The van der Waals surface area contributed by atoms with Crippen LogP contribution in [-0.4, -0.2) is 6.54 Å². The zero-order chi connectivity index (χ0) is 11.4. The van der Waals surface area contributed by atoms with Crippen molar-refractivity contribution in [3.8, 4) is 0 Å². The summed E-state index contributed by atoms with van der Waals surface area (Å²) in [7, 11) is 0. The third-order valence-corrected chi connectivity index (χ3v) is 4.22. The van der Waals surface area contributed by atoms with Gasteiger partial charge in [0.25, 0.3) is 0 Å². The van der Waals surface area contributed by atoms with Crippen LogP contribution in [0.15, 0.2) is 46.0 Å². The average Bonchev–Trinajstić information content (AvgIpc) is 2.82. The molecule has 1 heterocycles. The zero-order valence-electron chi connectivity index (χ0n) is 8.60. The first-order valence-electron chi connectivity index (χ1n) is 4.94. The molecule has 84 valence electrons. The summed E-state index contributed by atoms with van der Waals surface area (Å²) in [5, 5.41) is 4.40. The molecular weight excluding hydrogens is 241 g/mol. The second-order valence-corrected chi connectivity index (χ2v) is 5.41. The molecule has 0 aliphatic rings. The summed E-state index contributed by atoms with van der Waals surface area (Å²) < 4.78 is 12.7. The van der Waals surface area contributed by atoms with Crippen LogP contribution in [0.3, 0.4) is 0 Å². The smallest absolute Gasteiger partial charge is 0.123 e. The Bertz CT molecular complexity index is 425. The molecule has 1 nitrogen and oxygen atoms in total. The fourth-order valence-electron chi connectivity index (χ4n) is 1.39. The van der Waals surface area contributed by atoms with E-state index in [0.29, 0.717) is 6.54 Å². The number of nitrogens with two attached hydrogens (primary N) is 1. The minimum absolute atomic E-state index is 0.204. The number of halogens is 1. The highest BCUT2D eigenvalue weighted by Gasteiger charge is 2.11. The van der Waals surface area contributed by atoms with Crippen LogP contribution < -0.4 is 5.73 Å². The van der Waals surface area contributed by atoms with Gasteiger partial charge in [0.1, 0.15) is 5.82 Å². The lowest BCUT2D eigenvalue weighted by Gasteiger charge is -2.12. The van der Waals surface area contributed by atoms with Gasteiger partial charge in [-0.05, 0) is 46.7 Å². The molecule has 0 saturated carbocycles. The molecule has 0 aliphatic carbocycles. The lowest BCUT2D eigenvalue weighted by atomic mass is 10.2. The third-order valence-electron chi connectivity index (χ3n) is 2.22. The van der Waals surface area contributed by atoms with Crippen molar-refractivity contribution in [2.24, 2.45) is 5.73 Å². The molecule has 2 N–H and O–H groups in total. The van der Waals surface area contributed by atoms with Gasteiger partial charge in [-0.2, -0.15) is 11.3 Å². The van der Waals surface area contributed by atoms with Gasteiger partial charge in [-0.3, -0.25) is 0 Å². The molecule has 0 radical (unpaired) electrons. The Kier molecular flexibility index (Phi) is 3.98. The van der Waals surface area contributed by atoms with Gasteiger partial charge < -0.3 is 5.73 Å². The summed E-state index contributed by atoms with van der Waals surface area (Å²) in [6, 6.07) is 8.61. The summed E-state index contributed by atoms with van der Waals surface area (Å²) in [4.78, 5) is 1.04. The van der Waals surface area contributed by atoms with Gasteiger partial charge in [0.2, 0.25) is 0 Å². The third kappa shape index (κ3) is 2.84. The van der Waals surface area contributed by atoms with Crippen molar-refractivity contribution in [3.63, 3.8) is 0 Å². The van der Waals surface area contributed by atoms with Gasteiger partial charge >= 0.3 is 0 Å². The van der Waals surface area contributed by atoms with Gasteiger partial charge in [-0.25, -0.2) is 4.39 Å². The standard InChI is InChI=1S/C12H12FNS2/c13-10-1-3-11(4-2-10)16-12(7-14)9-5-6-15-8-9/h1-6,8,12H,7,14H2. The molecule has 1 aromatic heterocycles. The van der Waals surface area contributed by atoms with Crippen LogP contribution in [0, 0.1) is 5.82 Å². The van der Waals surface area contributed by atoms with E-state index in [9.17, 15) is 4.39 Å². The van der Waals surface area contributed by atoms with Crippen LogP contribution in [0.25, 0.3) is 0 Å². The molecule has 4 heteroatoms. The van der Waals surface area contributed by atoms with Crippen LogP contribution >= 0.6 is 23.1 Å². The molecule has 1 unspecified atom stereocenters. The van der Waals surface area contributed by atoms with E-state index >= 15 is 0 Å². The first kappa shape index (κ1) is 11.6. The summed E-state index contributed by atoms with van der Waals surface area (Å²) in [6.07, 6.45) is 0. The first-order chi connectivity index (χ1) is 7.79. The maximum atomic E-state index is 12.7. The molecule has 0 spiro atoms. The average molecular weight is 253 g/mol. The summed E-state index contributed by atoms with van der Waals surface area (Å²) in [5.74, 6) is -0.204. The fraction of sp³-hybridized carbons (Fsp3) is 0.167. The van der Waals surface area contributed by atoms with E-state index in [4.69, 9.17) is 5.73 Å². The van der Waals surface area contributed by atoms with E-state index in [0.717, 1.165) is 4.90 Å². The normalized spacial score (nSPS) is 12.6. The minimum atomic E-state index is -0.204. The van der Waals surface area contributed by atoms with Crippen LogP contribution in [-0.2, 0) is 0 Å². The molecule has 2 rings (SSSR count). The van der Waals surface area contributed by atoms with Crippen LogP contribution in [0.5, 0.6) is 0 Å². The van der Waals surface area contributed by atoms with Crippen molar-refractivity contribution in [2.45, 2.75) is 10.1 Å². The van der Waals surface area contributed by atoms with Crippen molar-refractivity contribution in [3.05, 3.63) is 52.5 Å². The lowest BCUT2D eigenvalue weighted by molar-refractivity contribution is 0.626. The highest BCUT2D eigenvalue weighted by Crippen LogP contribution is 2.35. The molecule has 1 atom stereocenters. The fourth-order valence-corrected chi connectivity index (χ4v) is 3.19. The highest BCUT2D eigenvalue weighted by atomic mass is 32.2. The summed E-state index contributed by atoms with van der Waals surface area (Å²) in [5.41, 5.74) is 6.99. The number of benzene rings is 1. The Morgan fingerprint density at radius 2 is 2.00 bits per heavy atom. The Morgan fingerprint density at radius 3 is 2.56 bits per heavy atom. The molecule has 0 aliphatic heterocycles. The SMILES string of the molecule is NCC(Sc1ccc(F)cc1)c1ccsc1. The van der Waals surface area contributed by atoms with Crippen LogP contribution in [0.2, 0.25) is 0 Å². The van der Waals surface area contributed by atoms with Crippen molar-refractivity contribution in [2.75, 3.05) is 6.54 Å². The van der Waals surface area contributed by atoms with E-state index in [2.05, 4.69) is 11.4 Å². The maximum absolute atomic E-state index is 12.7. The predicted octanol–water partition coefficient (Wildman–Crippen LogP) is 3.68. The van der Waals surface area contributed by atoms with Crippen LogP contribution in [0.4, 0.5) is 4.39 Å². The highest BCUT2D eigenvalue weighted by molar-refractivity contribution is 7.99. The second-order valence-electron chi connectivity index (χ2n) is 3.35. The number of hydrogen-bond donors (Lipinski definition) is 1. The van der Waals surface area contributed by atoms with Gasteiger partial charge in [-0.15, -0.1) is 11.8 Å². The quantitative estimate of drug-likeness (QED) is 0.841. The Morgan fingerprint density at radius 1 is 1.25 bits per heavy atom. The Labute approximate surface area is 102 Å². The van der Waals surface area contributed by atoms with Gasteiger partial charge in [0.05, 0.1) is 0 Å². The molecule has 1 aromatic carbocycles. The number of hydrogen-bond acceptors (Lipinski definition) is 3. The molecular formula is C12H12FNS2. The van der Waals surface area contributed by atoms with Crippen molar-refractivity contribution in [1.29, 1.82) is 0 Å². The van der Waals surface area contributed by atoms with Crippen molar-refractivity contribution < 1.29 is 4.39 Å². The number of thioether (sulfide) groups is 1. The van der Waals surface area contributed by atoms with Gasteiger partial charge in [0, 0.05) is 16.7 Å². The summed E-state index contributed by atoms with van der Waals surface area (Å²) >= 11 is 3.34. The van der Waals surface area contributed by atoms with Gasteiger partial charge in [-0.1, -0.05) is 0 Å². The zero-order valence-corrected chi connectivity index (χ0v) is 10.2. The summed E-state index contributed by atoms with van der Waals surface area (Å²) in [6.45, 7) is 0.582. The molecule has 0 saturated heterocycles. The number of thiophene rings is 1. The van der Waals surface area contributed by atoms with Gasteiger partial charge in [0.15, 0.2) is 0 Å². The monoisotopic (exact) mass is 253 g/mol. The topological polar surface area (TPSA) is 26.0 Å². The first-order valence-corrected chi connectivity index (χ1v) is 6.76. The second kappa shape index (κ2) is 5.48. The van der Waals surface area contributed by atoms with Crippen molar-refractivity contribution in [1.82, 2.24) is 0 Å². The molecule has 2 aromatic rings. The van der Waals surface area contributed by atoms with Crippen LogP contribution in [0.1, 0.15) is 10.8 Å². The van der Waals surface area contributed by atoms with E-state index in [1.807, 2.05) is 5.38 Å². The largest absolute Gasteiger partial charge is 0.329 e. The minimum Gasteiger partial charge on any atom is -0.329 e. The van der Waals surface area contributed by atoms with E-state index in [-0.39, 0.29) is 11.1 Å². The maximum Gasteiger partial charge on any atom is 0.123 e. The molecule has 0 fully saturated rings. The van der Waals surface area contributed by atoms with Crippen molar-refractivity contribution >= 4 is 23.1 Å². The van der Waals surface area contributed by atoms with E-state index < -0.39 is 0 Å². The van der Waals surface area contributed by atoms with E-state index in [1.165, 1.54) is 17.7 Å². The predicted molar refractivity (Wildman–Crippen MR) is 68.4 cm³/mol. The van der Waals surface area contributed by atoms with E-state index in [1.54, 1.807) is 35.2 Å². The lowest BCUT2D eigenvalue weighted by Crippen LogP contribution is -2.08.